The van der Waals surface area contributed by atoms with Crippen LogP contribution in [0.4, 0.5) is 0 Å². The van der Waals surface area contributed by atoms with Crippen LogP contribution in [0.3, 0.4) is 0 Å². The van der Waals surface area contributed by atoms with Crippen molar-refractivity contribution in [3.05, 3.63) is 29.0 Å². The van der Waals surface area contributed by atoms with Crippen molar-refractivity contribution in [2.75, 3.05) is 19.6 Å². The maximum atomic E-state index is 11.3. The molecule has 2 heterocycles. The Kier molecular flexibility index (Phi) is 3.93. The summed E-state index contributed by atoms with van der Waals surface area (Å²) in [6, 6.07) is 3.47. The highest BCUT2D eigenvalue weighted by Crippen LogP contribution is 2.16. The molecule has 0 aliphatic carbocycles. The van der Waals surface area contributed by atoms with Gasteiger partial charge in [-0.2, -0.15) is 0 Å². The summed E-state index contributed by atoms with van der Waals surface area (Å²) in [4.78, 5) is 17.4. The van der Waals surface area contributed by atoms with E-state index in [2.05, 4.69) is 10.3 Å². The monoisotopic (exact) mass is 254 g/mol. The van der Waals surface area contributed by atoms with E-state index >= 15 is 0 Å². The van der Waals surface area contributed by atoms with Gasteiger partial charge in [-0.1, -0.05) is 17.7 Å². The molecule has 0 radical (unpaired) electrons. The van der Waals surface area contributed by atoms with Gasteiger partial charge < -0.3 is 11.1 Å². The number of halogens is 1. The molecule has 0 aromatic carbocycles. The number of aromatic nitrogens is 1. The second kappa shape index (κ2) is 5.44. The minimum absolute atomic E-state index is 0.278. The summed E-state index contributed by atoms with van der Waals surface area (Å²) in [7, 11) is 0. The van der Waals surface area contributed by atoms with Crippen molar-refractivity contribution < 1.29 is 4.79 Å². The zero-order valence-corrected chi connectivity index (χ0v) is 10.2. The Morgan fingerprint density at radius 1 is 1.71 bits per heavy atom. The highest BCUT2D eigenvalue weighted by atomic mass is 35.5. The molecule has 1 atom stereocenters. The maximum Gasteiger partial charge on any atom is 0.236 e. The summed E-state index contributed by atoms with van der Waals surface area (Å²) in [6.07, 6.45) is 1.65. The smallest absolute Gasteiger partial charge is 0.236 e. The number of nitrogens with one attached hydrogen (secondary N) is 1. The number of carbonyl (C=O) groups is 1. The molecule has 2 rings (SSSR count). The van der Waals surface area contributed by atoms with E-state index in [4.69, 9.17) is 17.3 Å². The number of amides is 1. The number of primary amides is 1. The molecule has 1 aliphatic rings. The molecule has 92 valence electrons. The van der Waals surface area contributed by atoms with Crippen molar-refractivity contribution in [1.82, 2.24) is 15.2 Å². The second-order valence-electron chi connectivity index (χ2n) is 4.05. The number of rotatable bonds is 3. The van der Waals surface area contributed by atoms with E-state index in [9.17, 15) is 4.79 Å². The Morgan fingerprint density at radius 3 is 3.24 bits per heavy atom. The molecule has 1 saturated heterocycles. The van der Waals surface area contributed by atoms with E-state index in [0.29, 0.717) is 18.2 Å². The molecule has 0 spiro atoms. The zero-order valence-electron chi connectivity index (χ0n) is 9.40. The van der Waals surface area contributed by atoms with Crippen LogP contribution in [0, 0.1) is 0 Å². The van der Waals surface area contributed by atoms with Crippen LogP contribution >= 0.6 is 11.6 Å². The lowest BCUT2D eigenvalue weighted by Crippen LogP contribution is -2.56. The van der Waals surface area contributed by atoms with Crippen LogP contribution in [0.15, 0.2) is 18.3 Å². The van der Waals surface area contributed by atoms with E-state index in [0.717, 1.165) is 18.7 Å². The van der Waals surface area contributed by atoms with Gasteiger partial charge in [-0.3, -0.25) is 9.69 Å². The van der Waals surface area contributed by atoms with Crippen molar-refractivity contribution in [3.63, 3.8) is 0 Å². The Labute approximate surface area is 105 Å². The number of carbonyl (C=O) groups excluding carboxylic acids is 1. The molecule has 1 aliphatic heterocycles. The molecule has 0 bridgehead atoms. The Morgan fingerprint density at radius 2 is 2.53 bits per heavy atom. The summed E-state index contributed by atoms with van der Waals surface area (Å²) >= 11 is 6.00. The Hall–Kier alpha value is -1.17. The summed E-state index contributed by atoms with van der Waals surface area (Å²) in [5.74, 6) is -0.308. The quantitative estimate of drug-likeness (QED) is 0.745. The maximum absolute atomic E-state index is 11.3. The van der Waals surface area contributed by atoms with Gasteiger partial charge in [0, 0.05) is 37.9 Å². The SMILES string of the molecule is NC(=O)C1CNCCN1Cc1cccnc1Cl. The van der Waals surface area contributed by atoms with E-state index in [-0.39, 0.29) is 11.9 Å². The van der Waals surface area contributed by atoms with Gasteiger partial charge in [0.05, 0.1) is 0 Å². The van der Waals surface area contributed by atoms with Gasteiger partial charge in [-0.25, -0.2) is 4.98 Å². The highest BCUT2D eigenvalue weighted by molar-refractivity contribution is 6.30. The van der Waals surface area contributed by atoms with Gasteiger partial charge in [-0.05, 0) is 6.07 Å². The summed E-state index contributed by atoms with van der Waals surface area (Å²) in [5.41, 5.74) is 6.30. The van der Waals surface area contributed by atoms with Crippen LogP contribution in [-0.4, -0.2) is 41.5 Å². The van der Waals surface area contributed by atoms with Crippen LogP contribution in [0.2, 0.25) is 5.15 Å². The number of hydrogen-bond donors (Lipinski definition) is 2. The number of piperazine rings is 1. The molecule has 0 saturated carbocycles. The number of hydrogen-bond acceptors (Lipinski definition) is 4. The van der Waals surface area contributed by atoms with Crippen molar-refractivity contribution >= 4 is 17.5 Å². The van der Waals surface area contributed by atoms with Gasteiger partial charge in [0.25, 0.3) is 0 Å². The van der Waals surface area contributed by atoms with Gasteiger partial charge in [0.2, 0.25) is 5.91 Å². The van der Waals surface area contributed by atoms with Crippen molar-refractivity contribution in [2.45, 2.75) is 12.6 Å². The normalized spacial score (nSPS) is 21.4. The standard InChI is InChI=1S/C11H15ClN4O/c12-10-8(2-1-3-15-10)7-16-5-4-14-6-9(16)11(13)17/h1-3,9,14H,4-7H2,(H2,13,17). The largest absolute Gasteiger partial charge is 0.368 e. The summed E-state index contributed by atoms with van der Waals surface area (Å²) < 4.78 is 0. The first-order valence-electron chi connectivity index (χ1n) is 5.52. The van der Waals surface area contributed by atoms with Crippen LogP contribution in [0.25, 0.3) is 0 Å². The molecule has 1 aromatic rings. The lowest BCUT2D eigenvalue weighted by Gasteiger charge is -2.34. The molecular formula is C11H15ClN4O. The predicted octanol–water partition coefficient (Wildman–Crippen LogP) is -0.00590. The Bertz CT molecular complexity index is 412. The minimum Gasteiger partial charge on any atom is -0.368 e. The number of nitrogens with zero attached hydrogens (tertiary/aromatic N) is 2. The fraction of sp³-hybridized carbons (Fsp3) is 0.455. The van der Waals surface area contributed by atoms with Gasteiger partial charge in [-0.15, -0.1) is 0 Å². The topological polar surface area (TPSA) is 71.2 Å². The highest BCUT2D eigenvalue weighted by Gasteiger charge is 2.27. The third-order valence-corrected chi connectivity index (χ3v) is 3.23. The first-order valence-corrected chi connectivity index (χ1v) is 5.90. The third kappa shape index (κ3) is 2.94. The first-order chi connectivity index (χ1) is 8.18. The minimum atomic E-state index is -0.308. The zero-order chi connectivity index (χ0) is 12.3. The van der Waals surface area contributed by atoms with Gasteiger partial charge in [0.15, 0.2) is 0 Å². The lowest BCUT2D eigenvalue weighted by molar-refractivity contribution is -0.124. The lowest BCUT2D eigenvalue weighted by atomic mass is 10.1. The van der Waals surface area contributed by atoms with Crippen molar-refractivity contribution in [2.24, 2.45) is 5.73 Å². The van der Waals surface area contributed by atoms with Crippen LogP contribution in [0.5, 0.6) is 0 Å². The molecule has 3 N–H and O–H groups in total. The Balaban J connectivity index is 2.11. The molecule has 1 amide bonds. The number of pyridine rings is 1. The molecule has 1 aromatic heterocycles. The van der Waals surface area contributed by atoms with Gasteiger partial charge in [0.1, 0.15) is 11.2 Å². The summed E-state index contributed by atoms with van der Waals surface area (Å²) in [6.45, 7) is 2.82. The fourth-order valence-corrected chi connectivity index (χ4v) is 2.15. The second-order valence-corrected chi connectivity index (χ2v) is 4.40. The van der Waals surface area contributed by atoms with Crippen LogP contribution < -0.4 is 11.1 Å². The van der Waals surface area contributed by atoms with E-state index in [1.54, 1.807) is 6.20 Å². The van der Waals surface area contributed by atoms with Crippen LogP contribution in [0.1, 0.15) is 5.56 Å². The summed E-state index contributed by atoms with van der Waals surface area (Å²) in [5, 5.41) is 3.64. The van der Waals surface area contributed by atoms with E-state index in [1.807, 2.05) is 17.0 Å². The molecule has 17 heavy (non-hydrogen) atoms. The average Bonchev–Trinajstić information content (AvgIpc) is 2.32. The molecular weight excluding hydrogens is 240 g/mol. The molecule has 1 unspecified atom stereocenters. The molecule has 1 fully saturated rings. The number of nitrogens with two attached hydrogens (primary N) is 1. The first kappa shape index (κ1) is 12.3. The average molecular weight is 255 g/mol. The van der Waals surface area contributed by atoms with E-state index < -0.39 is 0 Å². The van der Waals surface area contributed by atoms with E-state index in [1.165, 1.54) is 0 Å². The predicted molar refractivity (Wildman–Crippen MR) is 65.5 cm³/mol. The fourth-order valence-electron chi connectivity index (χ4n) is 1.97. The molecule has 5 nitrogen and oxygen atoms in total. The third-order valence-electron chi connectivity index (χ3n) is 2.89. The van der Waals surface area contributed by atoms with Crippen LogP contribution in [-0.2, 0) is 11.3 Å². The van der Waals surface area contributed by atoms with Crippen molar-refractivity contribution in [3.8, 4) is 0 Å². The molecule has 6 heteroatoms. The van der Waals surface area contributed by atoms with Gasteiger partial charge >= 0.3 is 0 Å². The van der Waals surface area contributed by atoms with Crippen molar-refractivity contribution in [1.29, 1.82) is 0 Å².